The van der Waals surface area contributed by atoms with Crippen LogP contribution in [-0.4, -0.2) is 11.2 Å². The summed E-state index contributed by atoms with van der Waals surface area (Å²) in [6.45, 7) is 0. The third kappa shape index (κ3) is 1.32. The first kappa shape index (κ1) is 4.85. The Morgan fingerprint density at radius 1 is 1.43 bits per heavy atom. The average molecular weight is 98.1 g/mol. The van der Waals surface area contributed by atoms with Crippen LogP contribution in [0.2, 0.25) is 0 Å². The molecule has 40 valence electrons. The lowest BCUT2D eigenvalue weighted by atomic mass is 10.1. The van der Waals surface area contributed by atoms with Crippen LogP contribution in [0, 0.1) is 0 Å². The first-order valence-electron chi connectivity index (χ1n) is 2.72. The first-order valence-corrected chi connectivity index (χ1v) is 2.72. The van der Waals surface area contributed by atoms with Crippen molar-refractivity contribution < 1.29 is 5.11 Å². The Morgan fingerprint density at radius 3 is 2.57 bits per heavy atom. The van der Waals surface area contributed by atoms with Crippen molar-refractivity contribution in [1.29, 1.82) is 0 Å². The van der Waals surface area contributed by atoms with Gasteiger partial charge in [-0.1, -0.05) is 12.2 Å². The van der Waals surface area contributed by atoms with Gasteiger partial charge in [0.15, 0.2) is 0 Å². The molecule has 0 bridgehead atoms. The van der Waals surface area contributed by atoms with E-state index in [0.29, 0.717) is 0 Å². The van der Waals surface area contributed by atoms with Gasteiger partial charge in [0.2, 0.25) is 0 Å². The zero-order chi connectivity index (χ0) is 5.11. The minimum atomic E-state index is -0.0509. The number of aliphatic hydroxyl groups is 1. The molecule has 1 unspecified atom stereocenters. The second-order valence-corrected chi connectivity index (χ2v) is 1.94. The molecule has 1 aliphatic carbocycles. The molecular formula is C6H10O. The lowest BCUT2D eigenvalue weighted by molar-refractivity contribution is 0.164. The minimum absolute atomic E-state index is 0.0509. The Labute approximate surface area is 43.7 Å². The Bertz CT molecular complexity index is 76.2. The molecule has 0 aromatic carbocycles. The summed E-state index contributed by atoms with van der Waals surface area (Å²) in [5.41, 5.74) is 0. The van der Waals surface area contributed by atoms with Crippen LogP contribution >= 0.6 is 0 Å². The van der Waals surface area contributed by atoms with Gasteiger partial charge in [-0.25, -0.2) is 0 Å². The number of hydrogen-bond acceptors (Lipinski definition) is 1. The second-order valence-electron chi connectivity index (χ2n) is 1.94. The minimum Gasteiger partial charge on any atom is -0.393 e. The van der Waals surface area contributed by atoms with Crippen molar-refractivity contribution >= 4 is 0 Å². The van der Waals surface area contributed by atoms with Crippen LogP contribution in [-0.2, 0) is 0 Å². The van der Waals surface area contributed by atoms with Crippen molar-refractivity contribution in [2.75, 3.05) is 0 Å². The molecule has 0 saturated heterocycles. The van der Waals surface area contributed by atoms with Crippen LogP contribution < -0.4 is 0 Å². The second kappa shape index (κ2) is 2.12. The third-order valence-electron chi connectivity index (χ3n) is 1.24. The van der Waals surface area contributed by atoms with Crippen molar-refractivity contribution in [2.24, 2.45) is 0 Å². The lowest BCUT2D eigenvalue weighted by Gasteiger charge is -2.08. The van der Waals surface area contributed by atoms with Crippen LogP contribution in [0.1, 0.15) is 19.3 Å². The van der Waals surface area contributed by atoms with Crippen LogP contribution in [0.15, 0.2) is 12.2 Å². The van der Waals surface area contributed by atoms with E-state index in [4.69, 9.17) is 5.11 Å². The molecule has 7 heavy (non-hydrogen) atoms. The highest BCUT2D eigenvalue weighted by molar-refractivity contribution is 4.89. The summed E-state index contributed by atoms with van der Waals surface area (Å²) < 4.78 is 0. The van der Waals surface area contributed by atoms with E-state index >= 15 is 0 Å². The Morgan fingerprint density at radius 2 is 2.29 bits per heavy atom. The summed E-state index contributed by atoms with van der Waals surface area (Å²) in [4.78, 5) is 0. The molecule has 0 heterocycles. The highest BCUT2D eigenvalue weighted by Gasteiger charge is 2.02. The van der Waals surface area contributed by atoms with Gasteiger partial charge in [-0.2, -0.15) is 0 Å². The number of rotatable bonds is 0. The Hall–Kier alpha value is -0.300. The van der Waals surface area contributed by atoms with E-state index < -0.39 is 0 Å². The summed E-state index contributed by atoms with van der Waals surface area (Å²) in [5.74, 6) is 0. The molecular weight excluding hydrogens is 88.1 g/mol. The van der Waals surface area contributed by atoms with E-state index in [1.165, 1.54) is 0 Å². The van der Waals surface area contributed by atoms with E-state index in [-0.39, 0.29) is 6.10 Å². The summed E-state index contributed by atoms with van der Waals surface area (Å²) >= 11 is 0. The summed E-state index contributed by atoms with van der Waals surface area (Å²) in [6, 6.07) is 0. The van der Waals surface area contributed by atoms with Crippen molar-refractivity contribution in [1.82, 2.24) is 0 Å². The molecule has 1 heteroatoms. The van der Waals surface area contributed by atoms with Gasteiger partial charge < -0.3 is 5.11 Å². The molecule has 0 radical (unpaired) electrons. The normalized spacial score (nSPS) is 30.7. The van der Waals surface area contributed by atoms with Gasteiger partial charge in [0, 0.05) is 0 Å². The van der Waals surface area contributed by atoms with Crippen LogP contribution in [0.25, 0.3) is 0 Å². The van der Waals surface area contributed by atoms with Crippen molar-refractivity contribution in [3.63, 3.8) is 0 Å². The van der Waals surface area contributed by atoms with Gasteiger partial charge in [0.05, 0.1) is 6.10 Å². The lowest BCUT2D eigenvalue weighted by Crippen LogP contribution is -2.06. The van der Waals surface area contributed by atoms with Gasteiger partial charge in [0.25, 0.3) is 0 Å². The van der Waals surface area contributed by atoms with E-state index in [2.05, 4.69) is 6.08 Å². The van der Waals surface area contributed by atoms with Gasteiger partial charge in [-0.05, 0) is 19.3 Å². The topological polar surface area (TPSA) is 20.2 Å². The van der Waals surface area contributed by atoms with E-state index in [9.17, 15) is 0 Å². The molecule has 0 aromatic heterocycles. The maximum Gasteiger partial charge on any atom is 0.0577 e. The maximum absolute atomic E-state index is 8.86. The van der Waals surface area contributed by atoms with Gasteiger partial charge in [-0.15, -0.1) is 0 Å². The average Bonchev–Trinajstić information content (AvgIpc) is 1.69. The maximum atomic E-state index is 8.86. The molecule has 1 atom stereocenters. The summed E-state index contributed by atoms with van der Waals surface area (Å²) in [7, 11) is 0. The smallest absolute Gasteiger partial charge is 0.0577 e. The first-order chi connectivity index (χ1) is 3.39. The predicted octanol–water partition coefficient (Wildman–Crippen LogP) is 1.09. The zero-order valence-corrected chi connectivity index (χ0v) is 4.30. The van der Waals surface area contributed by atoms with Crippen LogP contribution in [0.4, 0.5) is 0 Å². The SMILES string of the molecule is OC1CC=CCC1. The molecule has 0 saturated carbocycles. The van der Waals surface area contributed by atoms with E-state index in [0.717, 1.165) is 19.3 Å². The number of aliphatic hydroxyl groups excluding tert-OH is 1. The summed E-state index contributed by atoms with van der Waals surface area (Å²) in [5, 5.41) is 8.86. The third-order valence-corrected chi connectivity index (χ3v) is 1.24. The Kier molecular flexibility index (Phi) is 1.47. The molecule has 0 aliphatic heterocycles. The molecule has 0 amide bonds. The predicted molar refractivity (Wildman–Crippen MR) is 29.0 cm³/mol. The fourth-order valence-corrected chi connectivity index (χ4v) is 0.778. The van der Waals surface area contributed by atoms with Crippen molar-refractivity contribution in [3.8, 4) is 0 Å². The fourth-order valence-electron chi connectivity index (χ4n) is 0.778. The van der Waals surface area contributed by atoms with Crippen molar-refractivity contribution in [3.05, 3.63) is 12.2 Å². The summed E-state index contributed by atoms with van der Waals surface area (Å²) in [6.07, 6.45) is 6.98. The molecule has 1 aliphatic rings. The van der Waals surface area contributed by atoms with Crippen LogP contribution in [0.3, 0.4) is 0 Å². The molecule has 0 spiro atoms. The number of hydrogen-bond donors (Lipinski definition) is 1. The highest BCUT2D eigenvalue weighted by Crippen LogP contribution is 2.08. The van der Waals surface area contributed by atoms with Gasteiger partial charge >= 0.3 is 0 Å². The van der Waals surface area contributed by atoms with Gasteiger partial charge in [0.1, 0.15) is 0 Å². The molecule has 1 N–H and O–H groups in total. The molecule has 0 aromatic rings. The van der Waals surface area contributed by atoms with E-state index in [1.54, 1.807) is 0 Å². The molecule has 1 nitrogen and oxygen atoms in total. The fraction of sp³-hybridized carbons (Fsp3) is 0.667. The highest BCUT2D eigenvalue weighted by atomic mass is 16.3. The van der Waals surface area contributed by atoms with E-state index in [1.807, 2.05) is 6.08 Å². The number of allylic oxidation sites excluding steroid dienone is 1. The zero-order valence-electron chi connectivity index (χ0n) is 4.30. The van der Waals surface area contributed by atoms with Gasteiger partial charge in [-0.3, -0.25) is 0 Å². The largest absolute Gasteiger partial charge is 0.393 e. The Balaban J connectivity index is 2.32. The molecule has 0 fully saturated rings. The monoisotopic (exact) mass is 98.1 g/mol. The standard InChI is InChI=1S/C6H10O/c7-6-4-2-1-3-5-6/h1-2,6-7H,3-5H2. The quantitative estimate of drug-likeness (QED) is 0.449. The van der Waals surface area contributed by atoms with Crippen molar-refractivity contribution in [2.45, 2.75) is 25.4 Å². The molecule has 1 rings (SSSR count). The van der Waals surface area contributed by atoms with Crippen LogP contribution in [0.5, 0.6) is 0 Å².